The molecule has 3 aromatic rings. The Morgan fingerprint density at radius 1 is 0.600 bits per heavy atom. The third-order valence-corrected chi connectivity index (χ3v) is 4.79. The minimum absolute atomic E-state index is 0.447. The molecular weight excluding hydrogens is 240 g/mol. The molecule has 0 saturated carbocycles. The predicted octanol–water partition coefficient (Wildman–Crippen LogP) is 4.75. The van der Waals surface area contributed by atoms with E-state index in [0.717, 1.165) is 6.42 Å². The van der Waals surface area contributed by atoms with Gasteiger partial charge in [-0.3, -0.25) is 0 Å². The van der Waals surface area contributed by atoms with Gasteiger partial charge in [-0.15, -0.1) is 0 Å². The van der Waals surface area contributed by atoms with Crippen LogP contribution in [0.3, 0.4) is 0 Å². The van der Waals surface area contributed by atoms with Crippen molar-refractivity contribution in [3.05, 3.63) is 94.5 Å². The maximum Gasteiger partial charge on any atom is 0.0357 e. The molecule has 0 heterocycles. The molecule has 0 heteroatoms. The molecular formula is C20H14. The molecule has 0 amide bonds. The smallest absolute Gasteiger partial charge is 0.0357 e. The molecule has 94 valence electrons. The molecule has 1 unspecified atom stereocenters. The van der Waals surface area contributed by atoms with Gasteiger partial charge in [0.1, 0.15) is 0 Å². The minimum Gasteiger partial charge on any atom is -0.0620 e. The van der Waals surface area contributed by atoms with Crippen LogP contribution >= 0.6 is 0 Å². The van der Waals surface area contributed by atoms with Gasteiger partial charge in [-0.05, 0) is 45.4 Å². The van der Waals surface area contributed by atoms with Crippen molar-refractivity contribution in [2.75, 3.05) is 0 Å². The topological polar surface area (TPSA) is 0 Å². The standard InChI is InChI=1S/C20H14/c1-2-8-15-13(6-1)12-14-7-5-11-17-16-9-3-4-10-18(16)20(15)19(14)17/h1-11,20H,12H2. The Hall–Kier alpha value is -2.34. The minimum atomic E-state index is 0.447. The molecule has 0 aromatic heterocycles. The summed E-state index contributed by atoms with van der Waals surface area (Å²) >= 11 is 0. The van der Waals surface area contributed by atoms with Crippen LogP contribution in [-0.4, -0.2) is 0 Å². The second-order valence-electron chi connectivity index (χ2n) is 5.77. The first-order chi connectivity index (χ1) is 9.93. The molecule has 1 atom stereocenters. The van der Waals surface area contributed by atoms with E-state index in [0.29, 0.717) is 5.92 Å². The van der Waals surface area contributed by atoms with Crippen LogP contribution in [0.2, 0.25) is 0 Å². The maximum absolute atomic E-state index is 2.31. The summed E-state index contributed by atoms with van der Waals surface area (Å²) in [5.74, 6) is 0.447. The highest BCUT2D eigenvalue weighted by molar-refractivity contribution is 5.83. The van der Waals surface area contributed by atoms with Crippen molar-refractivity contribution >= 4 is 0 Å². The lowest BCUT2D eigenvalue weighted by molar-refractivity contribution is 0.911. The van der Waals surface area contributed by atoms with Gasteiger partial charge in [-0.1, -0.05) is 66.7 Å². The maximum atomic E-state index is 2.31. The first-order valence-electron chi connectivity index (χ1n) is 7.22. The molecule has 5 rings (SSSR count). The van der Waals surface area contributed by atoms with Crippen molar-refractivity contribution < 1.29 is 0 Å². The molecule has 0 fully saturated rings. The van der Waals surface area contributed by atoms with Crippen LogP contribution in [0.4, 0.5) is 0 Å². The Balaban J connectivity index is 1.93. The van der Waals surface area contributed by atoms with Crippen molar-refractivity contribution in [1.29, 1.82) is 0 Å². The molecule has 0 bridgehead atoms. The molecule has 0 radical (unpaired) electrons. The van der Waals surface area contributed by atoms with Crippen LogP contribution in [0.5, 0.6) is 0 Å². The highest BCUT2D eigenvalue weighted by atomic mass is 14.4. The van der Waals surface area contributed by atoms with E-state index in [1.165, 1.54) is 33.4 Å². The van der Waals surface area contributed by atoms with Crippen molar-refractivity contribution in [2.24, 2.45) is 0 Å². The Bertz CT molecular complexity index is 842. The summed E-state index contributed by atoms with van der Waals surface area (Å²) < 4.78 is 0. The molecule has 20 heavy (non-hydrogen) atoms. The number of benzene rings is 3. The average Bonchev–Trinajstić information content (AvgIpc) is 2.85. The normalized spacial score (nSPS) is 17.3. The number of hydrogen-bond acceptors (Lipinski definition) is 0. The first kappa shape index (κ1) is 10.4. The van der Waals surface area contributed by atoms with Gasteiger partial charge in [0.2, 0.25) is 0 Å². The van der Waals surface area contributed by atoms with Crippen molar-refractivity contribution in [1.82, 2.24) is 0 Å². The molecule has 2 aliphatic carbocycles. The van der Waals surface area contributed by atoms with Crippen molar-refractivity contribution in [3.8, 4) is 11.1 Å². The van der Waals surface area contributed by atoms with Crippen LogP contribution in [0.15, 0.2) is 66.7 Å². The molecule has 0 aliphatic heterocycles. The van der Waals surface area contributed by atoms with Gasteiger partial charge in [0, 0.05) is 5.92 Å². The van der Waals surface area contributed by atoms with Crippen LogP contribution in [0, 0.1) is 0 Å². The second-order valence-corrected chi connectivity index (χ2v) is 5.77. The van der Waals surface area contributed by atoms with Gasteiger partial charge < -0.3 is 0 Å². The van der Waals surface area contributed by atoms with Gasteiger partial charge in [-0.25, -0.2) is 0 Å². The van der Waals surface area contributed by atoms with E-state index in [9.17, 15) is 0 Å². The van der Waals surface area contributed by atoms with Crippen molar-refractivity contribution in [2.45, 2.75) is 12.3 Å². The molecule has 0 spiro atoms. The third kappa shape index (κ3) is 1.17. The summed E-state index contributed by atoms with van der Waals surface area (Å²) in [6, 6.07) is 24.6. The van der Waals surface area contributed by atoms with E-state index in [1.807, 2.05) is 0 Å². The van der Waals surface area contributed by atoms with E-state index in [1.54, 1.807) is 5.56 Å². The fraction of sp³-hybridized carbons (Fsp3) is 0.100. The van der Waals surface area contributed by atoms with Crippen LogP contribution in [-0.2, 0) is 6.42 Å². The third-order valence-electron chi connectivity index (χ3n) is 4.79. The first-order valence-corrected chi connectivity index (χ1v) is 7.22. The van der Waals surface area contributed by atoms with Crippen molar-refractivity contribution in [3.63, 3.8) is 0 Å². The van der Waals surface area contributed by atoms with Crippen LogP contribution in [0.25, 0.3) is 11.1 Å². The Labute approximate surface area is 118 Å². The Morgan fingerprint density at radius 2 is 1.30 bits per heavy atom. The zero-order chi connectivity index (χ0) is 13.1. The lowest BCUT2D eigenvalue weighted by atomic mass is 9.77. The summed E-state index contributed by atoms with van der Waals surface area (Å²) in [6.45, 7) is 0. The molecule has 0 N–H and O–H groups in total. The molecule has 0 saturated heterocycles. The Kier molecular flexibility index (Phi) is 1.88. The zero-order valence-electron chi connectivity index (χ0n) is 11.1. The number of fused-ring (bicyclic) bond motifs is 5. The van der Waals surface area contributed by atoms with E-state index >= 15 is 0 Å². The highest BCUT2D eigenvalue weighted by Crippen LogP contribution is 2.52. The van der Waals surface area contributed by atoms with Gasteiger partial charge in [0.25, 0.3) is 0 Å². The van der Waals surface area contributed by atoms with E-state index in [4.69, 9.17) is 0 Å². The fourth-order valence-electron chi connectivity index (χ4n) is 4.00. The van der Waals surface area contributed by atoms with Crippen LogP contribution in [0.1, 0.15) is 33.7 Å². The van der Waals surface area contributed by atoms with Gasteiger partial charge in [0.05, 0.1) is 0 Å². The number of rotatable bonds is 0. The number of hydrogen-bond donors (Lipinski definition) is 0. The highest BCUT2D eigenvalue weighted by Gasteiger charge is 2.35. The molecule has 3 aromatic carbocycles. The summed E-state index contributed by atoms with van der Waals surface area (Å²) in [4.78, 5) is 0. The summed E-state index contributed by atoms with van der Waals surface area (Å²) in [6.07, 6.45) is 1.07. The lowest BCUT2D eigenvalue weighted by Gasteiger charge is -2.26. The Morgan fingerprint density at radius 3 is 2.25 bits per heavy atom. The van der Waals surface area contributed by atoms with Gasteiger partial charge in [-0.2, -0.15) is 0 Å². The summed E-state index contributed by atoms with van der Waals surface area (Å²) in [5, 5.41) is 0. The van der Waals surface area contributed by atoms with E-state index < -0.39 is 0 Å². The SMILES string of the molecule is c1ccc2c(c1)Cc1cccc3c1C2c1ccccc1-3. The summed E-state index contributed by atoms with van der Waals surface area (Å²) in [7, 11) is 0. The quantitative estimate of drug-likeness (QED) is 0.374. The lowest BCUT2D eigenvalue weighted by Crippen LogP contribution is -2.12. The van der Waals surface area contributed by atoms with Gasteiger partial charge in [0.15, 0.2) is 0 Å². The predicted molar refractivity (Wildman–Crippen MR) is 82.1 cm³/mol. The monoisotopic (exact) mass is 254 g/mol. The van der Waals surface area contributed by atoms with Gasteiger partial charge >= 0.3 is 0 Å². The van der Waals surface area contributed by atoms with E-state index in [-0.39, 0.29) is 0 Å². The average molecular weight is 254 g/mol. The van der Waals surface area contributed by atoms with E-state index in [2.05, 4.69) is 66.7 Å². The van der Waals surface area contributed by atoms with Crippen LogP contribution < -0.4 is 0 Å². The largest absolute Gasteiger partial charge is 0.0620 e. The molecule has 0 nitrogen and oxygen atoms in total. The zero-order valence-corrected chi connectivity index (χ0v) is 11.1. The fourth-order valence-corrected chi connectivity index (χ4v) is 4.00. The molecule has 2 aliphatic rings. The summed E-state index contributed by atoms with van der Waals surface area (Å²) in [5.41, 5.74) is 10.4. The second kappa shape index (κ2) is 3.61.